The van der Waals surface area contributed by atoms with Gasteiger partial charge in [0, 0.05) is 49.7 Å². The zero-order valence-electron chi connectivity index (χ0n) is 14.5. The van der Waals surface area contributed by atoms with Crippen molar-refractivity contribution in [2.45, 2.75) is 32.4 Å². The number of imidazole rings is 1. The van der Waals surface area contributed by atoms with Crippen LogP contribution < -0.4 is 5.73 Å². The number of carbonyl (C=O) groups excluding carboxylic acids is 1. The van der Waals surface area contributed by atoms with Crippen molar-refractivity contribution in [3.05, 3.63) is 41.6 Å². The molecule has 25 heavy (non-hydrogen) atoms. The minimum Gasteiger partial charge on any atom is -0.384 e. The molecule has 3 fully saturated rings. The van der Waals surface area contributed by atoms with Gasteiger partial charge in [-0.15, -0.1) is 0 Å². The number of H-pyrrole nitrogens is 1. The van der Waals surface area contributed by atoms with Gasteiger partial charge in [-0.05, 0) is 37.8 Å². The van der Waals surface area contributed by atoms with E-state index in [-0.39, 0.29) is 11.9 Å². The van der Waals surface area contributed by atoms with E-state index in [1.165, 1.54) is 6.42 Å². The van der Waals surface area contributed by atoms with E-state index in [1.807, 2.05) is 4.90 Å². The average Bonchev–Trinajstić information content (AvgIpc) is 2.82. The van der Waals surface area contributed by atoms with E-state index in [4.69, 9.17) is 5.73 Å². The Bertz CT molecular complexity index is 772. The second-order valence-electron chi connectivity index (χ2n) is 7.19. The number of hydrogen-bond donors (Lipinski definition) is 2. The summed E-state index contributed by atoms with van der Waals surface area (Å²) in [5.74, 6) is 0.976. The highest BCUT2D eigenvalue weighted by Gasteiger charge is 2.37. The second-order valence-corrected chi connectivity index (χ2v) is 7.19. The third kappa shape index (κ3) is 3.24. The van der Waals surface area contributed by atoms with E-state index < -0.39 is 0 Å². The van der Waals surface area contributed by atoms with Crippen LogP contribution in [-0.4, -0.2) is 56.3 Å². The van der Waals surface area contributed by atoms with Crippen molar-refractivity contribution in [1.82, 2.24) is 24.8 Å². The van der Waals surface area contributed by atoms with Crippen molar-refractivity contribution in [3.63, 3.8) is 0 Å². The molecule has 0 radical (unpaired) electrons. The average molecular weight is 340 g/mol. The molecule has 0 aromatic carbocycles. The first-order valence-electron chi connectivity index (χ1n) is 8.84. The Hall–Kier alpha value is -2.41. The second kappa shape index (κ2) is 6.48. The lowest BCUT2D eigenvalue weighted by atomic mass is 9.94. The van der Waals surface area contributed by atoms with Crippen LogP contribution in [0.2, 0.25) is 0 Å². The molecule has 5 rings (SSSR count). The summed E-state index contributed by atoms with van der Waals surface area (Å²) in [6, 6.07) is 3.67. The number of hydrogen-bond acceptors (Lipinski definition) is 5. The predicted octanol–water partition coefficient (Wildman–Crippen LogP) is 1.43. The van der Waals surface area contributed by atoms with Crippen LogP contribution in [0.25, 0.3) is 0 Å². The van der Waals surface area contributed by atoms with Gasteiger partial charge in [0.2, 0.25) is 0 Å². The Balaban J connectivity index is 1.51. The predicted molar refractivity (Wildman–Crippen MR) is 94.8 cm³/mol. The standard InChI is InChI=1S/C18H24N6O/c1-12-16(22-11-21-12)10-23-7-13-2-3-15(9-23)24(8-13)18(25)14-4-5-20-17(19)6-14/h4-6,11,13,15H,2-3,7-10H2,1H3,(H2,19,20)(H,21,22)/t13-,15+/m0/s1. The van der Waals surface area contributed by atoms with Crippen LogP contribution >= 0.6 is 0 Å². The Morgan fingerprint density at radius 3 is 2.96 bits per heavy atom. The van der Waals surface area contributed by atoms with Crippen LogP contribution in [0.5, 0.6) is 0 Å². The van der Waals surface area contributed by atoms with E-state index in [9.17, 15) is 4.79 Å². The third-order valence-electron chi connectivity index (χ3n) is 5.39. The summed E-state index contributed by atoms with van der Waals surface area (Å²) in [5.41, 5.74) is 8.60. The van der Waals surface area contributed by atoms with Crippen LogP contribution in [0.1, 0.15) is 34.6 Å². The molecule has 3 saturated heterocycles. The number of nitrogens with two attached hydrogens (primary N) is 1. The van der Waals surface area contributed by atoms with Crippen molar-refractivity contribution in [3.8, 4) is 0 Å². The molecule has 7 nitrogen and oxygen atoms in total. The number of piperidine rings is 1. The molecule has 0 aliphatic carbocycles. The number of fused-ring (bicyclic) bond motifs is 4. The Labute approximate surface area is 147 Å². The summed E-state index contributed by atoms with van der Waals surface area (Å²) >= 11 is 0. The summed E-state index contributed by atoms with van der Waals surface area (Å²) in [6.45, 7) is 5.63. The number of pyridine rings is 1. The number of anilines is 1. The number of aromatic nitrogens is 3. The van der Waals surface area contributed by atoms with E-state index in [1.54, 1.807) is 24.7 Å². The van der Waals surface area contributed by atoms with Crippen molar-refractivity contribution in [2.24, 2.45) is 5.92 Å². The molecule has 1 amide bonds. The number of aryl methyl sites for hydroxylation is 1. The molecule has 0 unspecified atom stereocenters. The van der Waals surface area contributed by atoms with Gasteiger partial charge in [0.1, 0.15) is 5.82 Å². The largest absolute Gasteiger partial charge is 0.384 e. The number of aromatic amines is 1. The minimum atomic E-state index is 0.0709. The molecule has 7 heteroatoms. The maximum absolute atomic E-state index is 13.0. The first-order chi connectivity index (χ1) is 12.1. The molecule has 3 N–H and O–H groups in total. The van der Waals surface area contributed by atoms with Crippen molar-refractivity contribution >= 4 is 11.7 Å². The lowest BCUT2D eigenvalue weighted by molar-refractivity contribution is 0.0584. The lowest BCUT2D eigenvalue weighted by Crippen LogP contribution is -2.47. The number of nitrogens with zero attached hydrogens (tertiary/aromatic N) is 4. The van der Waals surface area contributed by atoms with E-state index in [2.05, 4.69) is 26.8 Å². The molecular formula is C18H24N6O. The molecular weight excluding hydrogens is 316 g/mol. The van der Waals surface area contributed by atoms with Crippen LogP contribution in [0.3, 0.4) is 0 Å². The molecule has 2 bridgehead atoms. The summed E-state index contributed by atoms with van der Waals surface area (Å²) in [6.07, 6.45) is 5.60. The first-order valence-corrected chi connectivity index (χ1v) is 8.84. The normalized spacial score (nSPS) is 23.6. The van der Waals surface area contributed by atoms with Gasteiger partial charge in [0.25, 0.3) is 5.91 Å². The van der Waals surface area contributed by atoms with Gasteiger partial charge in [-0.2, -0.15) is 0 Å². The van der Waals surface area contributed by atoms with Crippen LogP contribution in [-0.2, 0) is 6.54 Å². The summed E-state index contributed by atoms with van der Waals surface area (Å²) < 4.78 is 0. The van der Waals surface area contributed by atoms with Crippen LogP contribution in [0.15, 0.2) is 24.7 Å². The number of nitrogen functional groups attached to an aromatic ring is 1. The molecule has 3 aliphatic heterocycles. The quantitative estimate of drug-likeness (QED) is 0.882. The van der Waals surface area contributed by atoms with Gasteiger partial charge >= 0.3 is 0 Å². The zero-order chi connectivity index (χ0) is 17.4. The first kappa shape index (κ1) is 16.1. The SMILES string of the molecule is Cc1[nH]cnc1CN1C[C@@H]2CC[C@H](C1)N(C(=O)c1ccnc(N)c1)C2. The van der Waals surface area contributed by atoms with E-state index in [0.717, 1.165) is 44.0 Å². The van der Waals surface area contributed by atoms with Gasteiger partial charge in [-0.3, -0.25) is 9.69 Å². The zero-order valence-corrected chi connectivity index (χ0v) is 14.5. The fourth-order valence-electron chi connectivity index (χ4n) is 4.06. The maximum Gasteiger partial charge on any atom is 0.254 e. The number of nitrogens with one attached hydrogen (secondary N) is 1. The third-order valence-corrected chi connectivity index (χ3v) is 5.39. The van der Waals surface area contributed by atoms with E-state index >= 15 is 0 Å². The number of carbonyl (C=O) groups is 1. The number of amides is 1. The fourth-order valence-corrected chi connectivity index (χ4v) is 4.06. The van der Waals surface area contributed by atoms with Gasteiger partial charge in [-0.1, -0.05) is 0 Å². The van der Waals surface area contributed by atoms with Crippen molar-refractivity contribution in [2.75, 3.05) is 25.4 Å². The number of rotatable bonds is 3. The Morgan fingerprint density at radius 2 is 2.20 bits per heavy atom. The van der Waals surface area contributed by atoms with Crippen molar-refractivity contribution in [1.29, 1.82) is 0 Å². The highest BCUT2D eigenvalue weighted by molar-refractivity contribution is 5.95. The highest BCUT2D eigenvalue weighted by Crippen LogP contribution is 2.30. The topological polar surface area (TPSA) is 91.1 Å². The molecule has 0 spiro atoms. The van der Waals surface area contributed by atoms with Gasteiger partial charge < -0.3 is 15.6 Å². The molecule has 5 heterocycles. The Kier molecular flexibility index (Phi) is 4.17. The van der Waals surface area contributed by atoms with E-state index in [0.29, 0.717) is 17.3 Å². The monoisotopic (exact) mass is 340 g/mol. The van der Waals surface area contributed by atoms with Gasteiger partial charge in [0.05, 0.1) is 12.0 Å². The fraction of sp³-hybridized carbons (Fsp3) is 0.500. The molecule has 2 aromatic heterocycles. The summed E-state index contributed by atoms with van der Waals surface area (Å²) in [4.78, 5) is 29.0. The van der Waals surface area contributed by atoms with Gasteiger partial charge in [0.15, 0.2) is 0 Å². The smallest absolute Gasteiger partial charge is 0.254 e. The van der Waals surface area contributed by atoms with Gasteiger partial charge in [-0.25, -0.2) is 9.97 Å². The molecule has 2 aromatic rings. The minimum absolute atomic E-state index is 0.0709. The van der Waals surface area contributed by atoms with Crippen LogP contribution in [0.4, 0.5) is 5.82 Å². The maximum atomic E-state index is 13.0. The lowest BCUT2D eigenvalue weighted by Gasteiger charge is -2.36. The molecule has 3 aliphatic rings. The molecule has 2 atom stereocenters. The van der Waals surface area contributed by atoms with Crippen molar-refractivity contribution < 1.29 is 4.79 Å². The summed E-state index contributed by atoms with van der Waals surface area (Å²) in [5, 5.41) is 0. The van der Waals surface area contributed by atoms with Crippen LogP contribution in [0, 0.1) is 12.8 Å². The highest BCUT2D eigenvalue weighted by atomic mass is 16.2. The Morgan fingerprint density at radius 1 is 1.32 bits per heavy atom. The molecule has 0 saturated carbocycles. The summed E-state index contributed by atoms with van der Waals surface area (Å²) in [7, 11) is 0. The molecule has 132 valence electrons.